The topological polar surface area (TPSA) is 79.9 Å². The van der Waals surface area contributed by atoms with E-state index in [1.165, 1.54) is 16.6 Å². The zero-order valence-corrected chi connectivity index (χ0v) is 13.0. The molecule has 6 nitrogen and oxygen atoms in total. The monoisotopic (exact) mass is 309 g/mol. The van der Waals surface area contributed by atoms with Crippen LogP contribution in [-0.2, 0) is 26.6 Å². The number of nitrogens with two attached hydrogens (primary N) is 1. The molecule has 1 aromatic carbocycles. The lowest BCUT2D eigenvalue weighted by Crippen LogP contribution is -2.36. The van der Waals surface area contributed by atoms with Crippen molar-refractivity contribution >= 4 is 16.9 Å². The van der Waals surface area contributed by atoms with E-state index in [1.807, 2.05) is 0 Å². The van der Waals surface area contributed by atoms with Crippen LogP contribution < -0.4 is 11.3 Å². The van der Waals surface area contributed by atoms with Gasteiger partial charge in [0.15, 0.2) is 0 Å². The van der Waals surface area contributed by atoms with Crippen LogP contribution in [0, 0.1) is 0 Å². The highest BCUT2D eigenvalue weighted by molar-refractivity contribution is 5.81. The summed E-state index contributed by atoms with van der Waals surface area (Å²) in [5.41, 5.74) is 9.55. The van der Waals surface area contributed by atoms with E-state index in [1.54, 1.807) is 0 Å². The van der Waals surface area contributed by atoms with Gasteiger partial charge in [0.05, 0.1) is 11.3 Å². The molecule has 3 aromatic rings. The second-order valence-corrected chi connectivity index (χ2v) is 6.09. The van der Waals surface area contributed by atoms with Gasteiger partial charge in [-0.15, -0.1) is 0 Å². The average molecular weight is 309 g/mol. The number of nitrogens with zero attached hydrogens (tertiary/aromatic N) is 3. The van der Waals surface area contributed by atoms with Gasteiger partial charge in [-0.05, 0) is 17.5 Å². The zero-order valence-electron chi connectivity index (χ0n) is 13.0. The molecule has 0 aliphatic carbocycles. The lowest BCUT2D eigenvalue weighted by atomic mass is 10.1. The molecule has 0 unspecified atom stereocenters. The Morgan fingerprint density at radius 1 is 1.35 bits per heavy atom. The molecule has 0 radical (unpaired) electrons. The standard InChI is InChI=1S/C17H19N5O/c1-21-12(8-11-4-2-3-5-15(11)21)9-22-7-6-14-13(10-22)16(23)20-17(18)19-14/h2-5,8H,6-7,9-10H2,1H3,(H3,18,19,20,23). The SMILES string of the molecule is Cn1c(CN2CCc3nc(N)[nH]c(=O)c3C2)cc2ccccc21. The van der Waals surface area contributed by atoms with Crippen LogP contribution in [0.4, 0.5) is 5.95 Å². The minimum atomic E-state index is -0.116. The number of aromatic nitrogens is 3. The number of nitrogens with one attached hydrogen (secondary N) is 1. The van der Waals surface area contributed by atoms with E-state index in [9.17, 15) is 4.79 Å². The molecule has 0 saturated heterocycles. The number of anilines is 1. The molecule has 0 spiro atoms. The summed E-state index contributed by atoms with van der Waals surface area (Å²) >= 11 is 0. The predicted molar refractivity (Wildman–Crippen MR) is 90.0 cm³/mol. The van der Waals surface area contributed by atoms with Crippen molar-refractivity contribution in [1.29, 1.82) is 0 Å². The summed E-state index contributed by atoms with van der Waals surface area (Å²) in [6.45, 7) is 2.30. The first-order valence-electron chi connectivity index (χ1n) is 7.75. The van der Waals surface area contributed by atoms with Gasteiger partial charge in [-0.25, -0.2) is 4.98 Å². The van der Waals surface area contributed by atoms with E-state index in [2.05, 4.69) is 56.8 Å². The van der Waals surface area contributed by atoms with Gasteiger partial charge < -0.3 is 10.3 Å². The molecule has 4 rings (SSSR count). The first-order valence-corrected chi connectivity index (χ1v) is 7.75. The van der Waals surface area contributed by atoms with Crippen molar-refractivity contribution in [3.05, 3.63) is 57.6 Å². The van der Waals surface area contributed by atoms with Gasteiger partial charge in [-0.3, -0.25) is 14.7 Å². The van der Waals surface area contributed by atoms with Crippen LogP contribution in [0.3, 0.4) is 0 Å². The maximum Gasteiger partial charge on any atom is 0.257 e. The normalized spacial score (nSPS) is 15.0. The van der Waals surface area contributed by atoms with Gasteiger partial charge in [0.1, 0.15) is 0 Å². The fraction of sp³-hybridized carbons (Fsp3) is 0.294. The number of benzene rings is 1. The predicted octanol–water partition coefficient (Wildman–Crippen LogP) is 1.40. The number of aryl methyl sites for hydroxylation is 1. The number of hydrogen-bond acceptors (Lipinski definition) is 4. The summed E-state index contributed by atoms with van der Waals surface area (Å²) in [7, 11) is 2.09. The molecular weight excluding hydrogens is 290 g/mol. The molecule has 0 atom stereocenters. The number of H-pyrrole nitrogens is 1. The maximum atomic E-state index is 12.1. The Hall–Kier alpha value is -2.60. The molecule has 6 heteroatoms. The minimum Gasteiger partial charge on any atom is -0.369 e. The molecule has 0 bridgehead atoms. The van der Waals surface area contributed by atoms with E-state index >= 15 is 0 Å². The summed E-state index contributed by atoms with van der Waals surface area (Å²) in [4.78, 5) is 21.2. The number of rotatable bonds is 2. The van der Waals surface area contributed by atoms with E-state index in [0.29, 0.717) is 6.54 Å². The van der Waals surface area contributed by atoms with Crippen molar-refractivity contribution in [3.63, 3.8) is 0 Å². The van der Waals surface area contributed by atoms with Crippen LogP contribution in [0.15, 0.2) is 35.1 Å². The summed E-state index contributed by atoms with van der Waals surface area (Å²) in [6, 6.07) is 10.6. The van der Waals surface area contributed by atoms with Crippen LogP contribution >= 0.6 is 0 Å². The van der Waals surface area contributed by atoms with Gasteiger partial charge in [0.25, 0.3) is 5.56 Å². The molecule has 3 N–H and O–H groups in total. The van der Waals surface area contributed by atoms with Gasteiger partial charge in [-0.2, -0.15) is 0 Å². The van der Waals surface area contributed by atoms with E-state index in [-0.39, 0.29) is 11.5 Å². The van der Waals surface area contributed by atoms with Gasteiger partial charge >= 0.3 is 0 Å². The third kappa shape index (κ3) is 2.41. The molecule has 118 valence electrons. The molecule has 23 heavy (non-hydrogen) atoms. The van der Waals surface area contributed by atoms with Gasteiger partial charge in [-0.1, -0.05) is 18.2 Å². The molecule has 0 saturated carbocycles. The van der Waals surface area contributed by atoms with Crippen LogP contribution in [-0.4, -0.2) is 26.0 Å². The largest absolute Gasteiger partial charge is 0.369 e. The number of para-hydroxylation sites is 1. The highest BCUT2D eigenvalue weighted by Crippen LogP contribution is 2.22. The third-order valence-corrected chi connectivity index (χ3v) is 4.60. The summed E-state index contributed by atoms with van der Waals surface area (Å²) in [6.07, 6.45) is 0.757. The van der Waals surface area contributed by atoms with Crippen LogP contribution in [0.1, 0.15) is 17.0 Å². The number of hydrogen-bond donors (Lipinski definition) is 2. The zero-order chi connectivity index (χ0) is 16.0. The fourth-order valence-corrected chi connectivity index (χ4v) is 3.36. The van der Waals surface area contributed by atoms with Crippen LogP contribution in [0.25, 0.3) is 10.9 Å². The molecule has 1 aliphatic rings. The highest BCUT2D eigenvalue weighted by atomic mass is 16.1. The number of nitrogen functional groups attached to an aromatic ring is 1. The van der Waals surface area contributed by atoms with Crippen molar-refractivity contribution in [1.82, 2.24) is 19.4 Å². The highest BCUT2D eigenvalue weighted by Gasteiger charge is 2.21. The molecule has 2 aromatic heterocycles. The quantitative estimate of drug-likeness (QED) is 0.750. The lowest BCUT2D eigenvalue weighted by Gasteiger charge is -2.27. The number of aromatic amines is 1. The molecule has 0 amide bonds. The van der Waals surface area contributed by atoms with E-state index < -0.39 is 0 Å². The van der Waals surface area contributed by atoms with E-state index in [0.717, 1.165) is 30.8 Å². The molecule has 0 fully saturated rings. The molecule has 1 aliphatic heterocycles. The Morgan fingerprint density at radius 2 is 2.17 bits per heavy atom. The van der Waals surface area contributed by atoms with E-state index in [4.69, 9.17) is 5.73 Å². The van der Waals surface area contributed by atoms with Crippen molar-refractivity contribution in [2.45, 2.75) is 19.5 Å². The van der Waals surface area contributed by atoms with Crippen LogP contribution in [0.2, 0.25) is 0 Å². The lowest BCUT2D eigenvalue weighted by molar-refractivity contribution is 0.237. The summed E-state index contributed by atoms with van der Waals surface area (Å²) in [5.74, 6) is 0.205. The van der Waals surface area contributed by atoms with Gasteiger partial charge in [0, 0.05) is 44.3 Å². The van der Waals surface area contributed by atoms with Gasteiger partial charge in [0.2, 0.25) is 5.95 Å². The summed E-state index contributed by atoms with van der Waals surface area (Å²) in [5, 5.41) is 1.25. The molecule has 3 heterocycles. The number of fused-ring (bicyclic) bond motifs is 2. The smallest absolute Gasteiger partial charge is 0.257 e. The Balaban J connectivity index is 1.62. The van der Waals surface area contributed by atoms with Crippen molar-refractivity contribution in [2.75, 3.05) is 12.3 Å². The fourth-order valence-electron chi connectivity index (χ4n) is 3.36. The van der Waals surface area contributed by atoms with Crippen molar-refractivity contribution < 1.29 is 0 Å². The first kappa shape index (κ1) is 14.0. The Labute approximate surface area is 133 Å². The second kappa shape index (κ2) is 5.24. The average Bonchev–Trinajstić information content (AvgIpc) is 2.84. The molecular formula is C17H19N5O. The maximum absolute atomic E-state index is 12.1. The van der Waals surface area contributed by atoms with Crippen LogP contribution in [0.5, 0.6) is 0 Å². The Bertz CT molecular complexity index is 940. The third-order valence-electron chi connectivity index (χ3n) is 4.60. The first-order chi connectivity index (χ1) is 11.1. The Kier molecular flexibility index (Phi) is 3.20. The minimum absolute atomic E-state index is 0.116. The second-order valence-electron chi connectivity index (χ2n) is 6.09. The van der Waals surface area contributed by atoms with Crippen molar-refractivity contribution in [2.24, 2.45) is 7.05 Å². The van der Waals surface area contributed by atoms with Crippen molar-refractivity contribution in [3.8, 4) is 0 Å². The Morgan fingerprint density at radius 3 is 3.00 bits per heavy atom. The summed E-state index contributed by atoms with van der Waals surface area (Å²) < 4.78 is 2.22.